The van der Waals surface area contributed by atoms with Crippen LogP contribution in [0.3, 0.4) is 0 Å². The van der Waals surface area contributed by atoms with Gasteiger partial charge in [-0.25, -0.2) is 4.98 Å². The van der Waals surface area contributed by atoms with Gasteiger partial charge in [-0.15, -0.1) is 11.3 Å². The third kappa shape index (κ3) is 4.28. The smallest absolute Gasteiger partial charge is 0.243 e. The van der Waals surface area contributed by atoms with Crippen molar-refractivity contribution < 1.29 is 4.79 Å². The normalized spacial score (nSPS) is 19.1. The number of fused-ring (bicyclic) bond motifs is 1. The van der Waals surface area contributed by atoms with E-state index in [9.17, 15) is 4.79 Å². The molecule has 0 spiro atoms. The van der Waals surface area contributed by atoms with Crippen LogP contribution in [0.5, 0.6) is 0 Å². The molecular weight excluding hydrogens is 372 g/mol. The van der Waals surface area contributed by atoms with Crippen LogP contribution in [0, 0.1) is 0 Å². The largest absolute Gasteiger partial charge is 0.366 e. The van der Waals surface area contributed by atoms with Gasteiger partial charge >= 0.3 is 0 Å². The molecule has 0 radical (unpaired) electrons. The number of amides is 1. The molecule has 8 heteroatoms. The van der Waals surface area contributed by atoms with Gasteiger partial charge in [-0.05, 0) is 55.3 Å². The zero-order valence-corrected chi connectivity index (χ0v) is 16.2. The molecule has 0 aromatic carbocycles. The van der Waals surface area contributed by atoms with E-state index in [0.717, 1.165) is 47.4 Å². The average Bonchev–Trinajstić information content (AvgIpc) is 3.19. The fraction of sp³-hybridized carbons (Fsp3) is 0.300. The van der Waals surface area contributed by atoms with Gasteiger partial charge in [0.25, 0.3) is 0 Å². The van der Waals surface area contributed by atoms with Gasteiger partial charge in [0, 0.05) is 18.3 Å². The maximum atomic E-state index is 11.5. The van der Waals surface area contributed by atoms with Crippen LogP contribution in [0.4, 0.5) is 17.5 Å². The zero-order valence-electron chi connectivity index (χ0n) is 15.4. The Morgan fingerprint density at radius 3 is 2.75 bits per heavy atom. The van der Waals surface area contributed by atoms with Crippen molar-refractivity contribution in [1.29, 1.82) is 0 Å². The second-order valence-corrected chi connectivity index (χ2v) is 7.72. The fourth-order valence-corrected chi connectivity index (χ4v) is 4.20. The van der Waals surface area contributed by atoms with Gasteiger partial charge < -0.3 is 16.0 Å². The van der Waals surface area contributed by atoms with Gasteiger partial charge in [-0.2, -0.15) is 4.98 Å². The SMILES string of the molecule is C=CC(=O)N[C@H]1CC[C@@H](Nc2nc(Nc3cccnc3)nc3ccsc23)CC1. The highest BCUT2D eigenvalue weighted by molar-refractivity contribution is 7.17. The highest BCUT2D eigenvalue weighted by atomic mass is 32.1. The first kappa shape index (κ1) is 18.4. The Labute approximate surface area is 167 Å². The van der Waals surface area contributed by atoms with Crippen molar-refractivity contribution in [3.63, 3.8) is 0 Å². The third-order valence-electron chi connectivity index (χ3n) is 4.82. The first-order valence-electron chi connectivity index (χ1n) is 9.33. The Kier molecular flexibility index (Phi) is 5.48. The van der Waals surface area contributed by atoms with Gasteiger partial charge in [0.05, 0.1) is 22.1 Å². The molecule has 1 fully saturated rings. The van der Waals surface area contributed by atoms with Crippen molar-refractivity contribution in [2.24, 2.45) is 0 Å². The molecule has 1 saturated carbocycles. The Balaban J connectivity index is 1.47. The number of hydrogen-bond acceptors (Lipinski definition) is 7. The van der Waals surface area contributed by atoms with Crippen molar-refractivity contribution in [2.45, 2.75) is 37.8 Å². The number of hydrogen-bond donors (Lipinski definition) is 3. The average molecular weight is 395 g/mol. The first-order valence-corrected chi connectivity index (χ1v) is 10.2. The lowest BCUT2D eigenvalue weighted by Gasteiger charge is -2.29. The number of rotatable bonds is 6. The molecule has 3 aromatic heterocycles. The number of pyridine rings is 1. The van der Waals surface area contributed by atoms with E-state index in [1.54, 1.807) is 23.7 Å². The molecule has 3 heterocycles. The predicted octanol–water partition coefficient (Wildman–Crippen LogP) is 3.86. The van der Waals surface area contributed by atoms with Crippen LogP contribution in [-0.2, 0) is 4.79 Å². The van der Waals surface area contributed by atoms with Crippen molar-refractivity contribution in [1.82, 2.24) is 20.3 Å². The van der Waals surface area contributed by atoms with Crippen LogP contribution < -0.4 is 16.0 Å². The minimum atomic E-state index is -0.0985. The number of carbonyl (C=O) groups excluding carboxylic acids is 1. The lowest BCUT2D eigenvalue weighted by Crippen LogP contribution is -2.39. The zero-order chi connectivity index (χ0) is 19.3. The van der Waals surface area contributed by atoms with E-state index < -0.39 is 0 Å². The van der Waals surface area contributed by atoms with E-state index >= 15 is 0 Å². The summed E-state index contributed by atoms with van der Waals surface area (Å²) in [5, 5.41) is 11.8. The highest BCUT2D eigenvalue weighted by Gasteiger charge is 2.23. The molecule has 1 aliphatic carbocycles. The standard InChI is InChI=1S/C20H22N6OS/c1-2-17(27)22-13-5-7-14(8-6-13)23-19-18-16(9-11-28-18)25-20(26-19)24-15-4-3-10-21-12-15/h2-4,9-14H,1,5-8H2,(H,22,27)(H2,23,24,25,26)/t13-,14+. The summed E-state index contributed by atoms with van der Waals surface area (Å²) in [6.07, 6.45) is 8.64. The number of carbonyl (C=O) groups is 1. The lowest BCUT2D eigenvalue weighted by atomic mass is 9.91. The molecule has 1 amide bonds. The lowest BCUT2D eigenvalue weighted by molar-refractivity contribution is -0.117. The topological polar surface area (TPSA) is 91.8 Å². The maximum absolute atomic E-state index is 11.5. The van der Waals surface area contributed by atoms with Gasteiger partial charge in [0.15, 0.2) is 0 Å². The molecular formula is C20H22N6OS. The number of anilines is 3. The van der Waals surface area contributed by atoms with Crippen LogP contribution in [0.15, 0.2) is 48.6 Å². The minimum Gasteiger partial charge on any atom is -0.366 e. The number of aromatic nitrogens is 3. The summed E-state index contributed by atoms with van der Waals surface area (Å²) in [5.41, 5.74) is 1.77. The molecule has 144 valence electrons. The Morgan fingerprint density at radius 1 is 1.18 bits per heavy atom. The van der Waals surface area contributed by atoms with Crippen LogP contribution >= 0.6 is 11.3 Å². The summed E-state index contributed by atoms with van der Waals surface area (Å²) in [6, 6.07) is 6.35. The van der Waals surface area contributed by atoms with Crippen molar-refractivity contribution >= 4 is 44.9 Å². The second-order valence-electron chi connectivity index (χ2n) is 6.80. The molecule has 0 aliphatic heterocycles. The van der Waals surface area contributed by atoms with Crippen LogP contribution in [0.25, 0.3) is 10.2 Å². The molecule has 0 atom stereocenters. The molecule has 4 rings (SSSR count). The number of nitrogens with zero attached hydrogens (tertiary/aromatic N) is 3. The van der Waals surface area contributed by atoms with E-state index in [0.29, 0.717) is 12.0 Å². The molecule has 0 saturated heterocycles. The molecule has 3 aromatic rings. The van der Waals surface area contributed by atoms with E-state index in [1.165, 1.54) is 6.08 Å². The minimum absolute atomic E-state index is 0.0985. The molecule has 7 nitrogen and oxygen atoms in total. The van der Waals surface area contributed by atoms with Crippen LogP contribution in [0.1, 0.15) is 25.7 Å². The van der Waals surface area contributed by atoms with Crippen molar-refractivity contribution in [2.75, 3.05) is 10.6 Å². The summed E-state index contributed by atoms with van der Waals surface area (Å²) in [7, 11) is 0. The van der Waals surface area contributed by atoms with Crippen LogP contribution in [-0.4, -0.2) is 32.9 Å². The first-order chi connectivity index (χ1) is 13.7. The van der Waals surface area contributed by atoms with E-state index in [4.69, 9.17) is 4.98 Å². The monoisotopic (exact) mass is 394 g/mol. The molecule has 0 bridgehead atoms. The fourth-order valence-electron chi connectivity index (χ4n) is 3.42. The molecule has 3 N–H and O–H groups in total. The van der Waals surface area contributed by atoms with Gasteiger partial charge in [-0.3, -0.25) is 9.78 Å². The summed E-state index contributed by atoms with van der Waals surface area (Å²) >= 11 is 1.63. The summed E-state index contributed by atoms with van der Waals surface area (Å²) < 4.78 is 1.05. The Hall–Kier alpha value is -3.00. The highest BCUT2D eigenvalue weighted by Crippen LogP contribution is 2.30. The summed E-state index contributed by atoms with van der Waals surface area (Å²) in [5.74, 6) is 1.30. The van der Waals surface area contributed by atoms with E-state index in [1.807, 2.05) is 23.6 Å². The summed E-state index contributed by atoms with van der Waals surface area (Å²) in [4.78, 5) is 24.9. The summed E-state index contributed by atoms with van der Waals surface area (Å²) in [6.45, 7) is 3.51. The van der Waals surface area contributed by atoms with Crippen molar-refractivity contribution in [3.05, 3.63) is 48.6 Å². The predicted molar refractivity (Wildman–Crippen MR) is 113 cm³/mol. The quantitative estimate of drug-likeness (QED) is 0.550. The molecule has 0 unspecified atom stereocenters. The van der Waals surface area contributed by atoms with Crippen molar-refractivity contribution in [3.8, 4) is 0 Å². The number of thiophene rings is 1. The van der Waals surface area contributed by atoms with E-state index in [-0.39, 0.29) is 11.9 Å². The molecule has 1 aliphatic rings. The van der Waals surface area contributed by atoms with Gasteiger partial charge in [0.2, 0.25) is 11.9 Å². The van der Waals surface area contributed by atoms with Gasteiger partial charge in [0.1, 0.15) is 5.82 Å². The van der Waals surface area contributed by atoms with Gasteiger partial charge in [-0.1, -0.05) is 6.58 Å². The second kappa shape index (κ2) is 8.35. The molecule has 28 heavy (non-hydrogen) atoms. The number of nitrogens with one attached hydrogen (secondary N) is 3. The third-order valence-corrected chi connectivity index (χ3v) is 5.73. The Bertz CT molecular complexity index is 965. The van der Waals surface area contributed by atoms with Crippen LogP contribution in [0.2, 0.25) is 0 Å². The van der Waals surface area contributed by atoms with E-state index in [2.05, 4.69) is 32.5 Å². The maximum Gasteiger partial charge on any atom is 0.243 e. The Morgan fingerprint density at radius 2 is 2.00 bits per heavy atom.